The number of ketones is 1. The number of nitrogens with zero attached hydrogens (tertiary/aromatic N) is 1. The van der Waals surface area contributed by atoms with Gasteiger partial charge in [0, 0.05) is 10.7 Å². The summed E-state index contributed by atoms with van der Waals surface area (Å²) < 4.78 is 5.45. The molecule has 0 aromatic carbocycles. The molecule has 1 rings (SSSR count). The summed E-state index contributed by atoms with van der Waals surface area (Å²) in [5.41, 5.74) is 0.270. The van der Waals surface area contributed by atoms with Gasteiger partial charge in [-0.1, -0.05) is 0 Å². The molecule has 0 atom stereocenters. The van der Waals surface area contributed by atoms with E-state index in [0.29, 0.717) is 0 Å². The number of hydrogen-bond donors (Lipinski definition) is 0. The van der Waals surface area contributed by atoms with Crippen molar-refractivity contribution in [1.82, 2.24) is 4.98 Å². The van der Waals surface area contributed by atoms with Gasteiger partial charge in [0.2, 0.25) is 0 Å². The Kier molecular flexibility index (Phi) is 4.42. The molecular formula is C10H10BrNO3. The van der Waals surface area contributed by atoms with Crippen molar-refractivity contribution in [2.75, 3.05) is 6.61 Å². The standard InChI is InChI=1S/C10H10BrNO3/c1-2-15-10(14)5-9(13)8-4-3-7(11)6-12-8/h3-4,6H,2,5H2,1H3. The summed E-state index contributed by atoms with van der Waals surface area (Å²) in [4.78, 5) is 26.4. The van der Waals surface area contributed by atoms with E-state index in [2.05, 4.69) is 25.7 Å². The third-order valence-electron chi connectivity index (χ3n) is 1.62. The molecule has 0 amide bonds. The van der Waals surface area contributed by atoms with E-state index < -0.39 is 5.97 Å². The van der Waals surface area contributed by atoms with E-state index >= 15 is 0 Å². The summed E-state index contributed by atoms with van der Waals surface area (Å²) in [5, 5.41) is 0. The van der Waals surface area contributed by atoms with Gasteiger partial charge in [0.05, 0.1) is 6.61 Å². The Morgan fingerprint density at radius 1 is 1.47 bits per heavy atom. The Morgan fingerprint density at radius 2 is 2.20 bits per heavy atom. The Morgan fingerprint density at radius 3 is 2.73 bits per heavy atom. The molecule has 80 valence electrons. The first-order valence-electron chi connectivity index (χ1n) is 4.44. The summed E-state index contributed by atoms with van der Waals surface area (Å²) >= 11 is 3.20. The fraction of sp³-hybridized carbons (Fsp3) is 0.300. The maximum absolute atomic E-state index is 11.5. The van der Waals surface area contributed by atoms with E-state index in [0.717, 1.165) is 4.47 Å². The minimum absolute atomic E-state index is 0.261. The molecule has 1 heterocycles. The lowest BCUT2D eigenvalue weighted by Gasteiger charge is -2.00. The van der Waals surface area contributed by atoms with Gasteiger partial charge in [-0.2, -0.15) is 0 Å². The molecule has 1 aromatic rings. The lowest BCUT2D eigenvalue weighted by Crippen LogP contribution is -2.12. The van der Waals surface area contributed by atoms with Crippen LogP contribution < -0.4 is 0 Å². The molecule has 0 saturated carbocycles. The molecule has 15 heavy (non-hydrogen) atoms. The smallest absolute Gasteiger partial charge is 0.313 e. The minimum Gasteiger partial charge on any atom is -0.466 e. The van der Waals surface area contributed by atoms with E-state index in [1.807, 2.05) is 0 Å². The lowest BCUT2D eigenvalue weighted by atomic mass is 10.2. The SMILES string of the molecule is CCOC(=O)CC(=O)c1ccc(Br)cn1. The number of aromatic nitrogens is 1. The van der Waals surface area contributed by atoms with Crippen LogP contribution in [0.3, 0.4) is 0 Å². The molecular weight excluding hydrogens is 262 g/mol. The van der Waals surface area contributed by atoms with Crippen molar-refractivity contribution in [3.05, 3.63) is 28.5 Å². The molecule has 0 fully saturated rings. The van der Waals surface area contributed by atoms with Gasteiger partial charge in [-0.05, 0) is 35.0 Å². The zero-order valence-corrected chi connectivity index (χ0v) is 9.78. The van der Waals surface area contributed by atoms with Gasteiger partial charge >= 0.3 is 5.97 Å². The maximum atomic E-state index is 11.5. The van der Waals surface area contributed by atoms with Gasteiger partial charge < -0.3 is 4.74 Å². The fourth-order valence-electron chi connectivity index (χ4n) is 0.974. The summed E-state index contributed by atoms with van der Waals surface area (Å²) in [5.74, 6) is -0.854. The molecule has 4 nitrogen and oxygen atoms in total. The predicted octanol–water partition coefficient (Wildman–Crippen LogP) is 1.98. The zero-order valence-electron chi connectivity index (χ0n) is 8.20. The third kappa shape index (κ3) is 3.79. The van der Waals surface area contributed by atoms with Crippen LogP contribution in [0.4, 0.5) is 0 Å². The maximum Gasteiger partial charge on any atom is 0.313 e. The predicted molar refractivity (Wildman–Crippen MR) is 57.5 cm³/mol. The van der Waals surface area contributed by atoms with Gasteiger partial charge in [-0.3, -0.25) is 14.6 Å². The fourth-order valence-corrected chi connectivity index (χ4v) is 1.21. The highest BCUT2D eigenvalue weighted by molar-refractivity contribution is 9.10. The van der Waals surface area contributed by atoms with E-state index in [1.54, 1.807) is 19.1 Å². The number of esters is 1. The van der Waals surface area contributed by atoms with Gasteiger partial charge in [0.15, 0.2) is 5.78 Å². The molecule has 0 aliphatic rings. The summed E-state index contributed by atoms with van der Waals surface area (Å²) in [7, 11) is 0. The van der Waals surface area contributed by atoms with Crippen molar-refractivity contribution < 1.29 is 14.3 Å². The first-order valence-corrected chi connectivity index (χ1v) is 5.23. The second-order valence-electron chi connectivity index (χ2n) is 2.77. The largest absolute Gasteiger partial charge is 0.466 e. The molecule has 0 aliphatic heterocycles. The van der Waals surface area contributed by atoms with Gasteiger partial charge in [-0.15, -0.1) is 0 Å². The topological polar surface area (TPSA) is 56.3 Å². The van der Waals surface area contributed by atoms with Crippen molar-refractivity contribution in [1.29, 1.82) is 0 Å². The molecule has 5 heteroatoms. The molecule has 0 radical (unpaired) electrons. The average molecular weight is 272 g/mol. The van der Waals surface area contributed by atoms with Crippen LogP contribution >= 0.6 is 15.9 Å². The number of carbonyl (C=O) groups excluding carboxylic acids is 2. The summed E-state index contributed by atoms with van der Waals surface area (Å²) in [6, 6.07) is 3.26. The van der Waals surface area contributed by atoms with E-state index in [9.17, 15) is 9.59 Å². The van der Waals surface area contributed by atoms with Gasteiger partial charge in [-0.25, -0.2) is 0 Å². The summed E-state index contributed by atoms with van der Waals surface area (Å²) in [6.07, 6.45) is 1.25. The first kappa shape index (κ1) is 11.8. The van der Waals surface area contributed by atoms with Crippen molar-refractivity contribution in [3.63, 3.8) is 0 Å². The van der Waals surface area contributed by atoms with Crippen molar-refractivity contribution in [2.24, 2.45) is 0 Å². The molecule has 0 unspecified atom stereocenters. The number of rotatable bonds is 4. The highest BCUT2D eigenvalue weighted by Crippen LogP contribution is 2.08. The van der Waals surface area contributed by atoms with Crippen LogP contribution in [0.2, 0.25) is 0 Å². The molecule has 0 spiro atoms. The van der Waals surface area contributed by atoms with Crippen LogP contribution in [0.25, 0.3) is 0 Å². The van der Waals surface area contributed by atoms with Gasteiger partial charge in [0.1, 0.15) is 12.1 Å². The van der Waals surface area contributed by atoms with Crippen molar-refractivity contribution >= 4 is 27.7 Å². The van der Waals surface area contributed by atoms with Crippen LogP contribution in [-0.4, -0.2) is 23.3 Å². The average Bonchev–Trinajstić information content (AvgIpc) is 2.18. The quantitative estimate of drug-likeness (QED) is 0.477. The molecule has 0 bridgehead atoms. The molecule has 0 aliphatic carbocycles. The third-order valence-corrected chi connectivity index (χ3v) is 2.09. The zero-order chi connectivity index (χ0) is 11.3. The van der Waals surface area contributed by atoms with E-state index in [-0.39, 0.29) is 24.5 Å². The highest BCUT2D eigenvalue weighted by atomic mass is 79.9. The number of pyridine rings is 1. The second-order valence-corrected chi connectivity index (χ2v) is 3.68. The first-order chi connectivity index (χ1) is 7.13. The summed E-state index contributed by atoms with van der Waals surface area (Å²) in [6.45, 7) is 1.97. The molecule has 1 aromatic heterocycles. The van der Waals surface area contributed by atoms with Crippen LogP contribution in [0.15, 0.2) is 22.8 Å². The Balaban J connectivity index is 2.61. The van der Waals surface area contributed by atoms with Crippen LogP contribution in [0, 0.1) is 0 Å². The molecule has 0 saturated heterocycles. The monoisotopic (exact) mass is 271 g/mol. The Hall–Kier alpha value is -1.23. The Bertz CT molecular complexity index is 361. The lowest BCUT2D eigenvalue weighted by molar-refractivity contribution is -0.141. The van der Waals surface area contributed by atoms with Crippen molar-refractivity contribution in [2.45, 2.75) is 13.3 Å². The normalized spacial score (nSPS) is 9.73. The number of Topliss-reactive ketones (excluding diaryl/α,β-unsaturated/α-hetero) is 1. The second kappa shape index (κ2) is 5.60. The Labute approximate surface area is 95.8 Å². The molecule has 0 N–H and O–H groups in total. The van der Waals surface area contributed by atoms with Gasteiger partial charge in [0.25, 0.3) is 0 Å². The van der Waals surface area contributed by atoms with Crippen LogP contribution in [0.5, 0.6) is 0 Å². The van der Waals surface area contributed by atoms with Crippen LogP contribution in [0.1, 0.15) is 23.8 Å². The number of hydrogen-bond acceptors (Lipinski definition) is 4. The highest BCUT2D eigenvalue weighted by Gasteiger charge is 2.13. The van der Waals surface area contributed by atoms with Crippen LogP contribution in [-0.2, 0) is 9.53 Å². The number of ether oxygens (including phenoxy) is 1. The van der Waals surface area contributed by atoms with E-state index in [1.165, 1.54) is 6.20 Å². The minimum atomic E-state index is -0.521. The number of halogens is 1. The van der Waals surface area contributed by atoms with E-state index in [4.69, 9.17) is 0 Å². The number of carbonyl (C=O) groups is 2. The van der Waals surface area contributed by atoms with Crippen molar-refractivity contribution in [3.8, 4) is 0 Å².